The van der Waals surface area contributed by atoms with Crippen LogP contribution in [-0.4, -0.2) is 49.3 Å². The fraction of sp³-hybridized carbons (Fsp3) is 0.0455. The van der Waals surface area contributed by atoms with Crippen molar-refractivity contribution in [2.24, 2.45) is 0 Å². The Balaban J connectivity index is 1.64. The smallest absolute Gasteiger partial charge is 0.335 e. The predicted octanol–water partition coefficient (Wildman–Crippen LogP) is 3.32. The van der Waals surface area contributed by atoms with Crippen molar-refractivity contribution in [3.8, 4) is 28.5 Å². The Morgan fingerprint density at radius 2 is 1.58 bits per heavy atom. The predicted molar refractivity (Wildman–Crippen MR) is 113 cm³/mol. The molecule has 9 nitrogen and oxygen atoms in total. The van der Waals surface area contributed by atoms with E-state index in [1.807, 2.05) is 0 Å². The Labute approximate surface area is 175 Å². The minimum Gasteiger partial charge on any atom is -0.504 e. The lowest BCUT2D eigenvalue weighted by atomic mass is 10.1. The summed E-state index contributed by atoms with van der Waals surface area (Å²) in [5.41, 5.74) is 3.09. The number of carboxylic acid groups (broad SMARTS) is 1. The SMILES string of the molecule is CN(C(=O)c1cc2nc(-c3ccc(C(=O)O)cc3)ccc2[nH]1)c1cc(O)c(O)c(O)c1. The molecule has 2 aromatic heterocycles. The van der Waals surface area contributed by atoms with Crippen LogP contribution in [0.25, 0.3) is 22.3 Å². The number of hydrogen-bond donors (Lipinski definition) is 5. The van der Waals surface area contributed by atoms with Gasteiger partial charge in [-0.3, -0.25) is 4.79 Å². The minimum absolute atomic E-state index is 0.175. The molecule has 31 heavy (non-hydrogen) atoms. The number of nitrogens with one attached hydrogen (secondary N) is 1. The van der Waals surface area contributed by atoms with Gasteiger partial charge in [-0.2, -0.15) is 0 Å². The first-order valence-electron chi connectivity index (χ1n) is 9.11. The average Bonchev–Trinajstić information content (AvgIpc) is 3.19. The van der Waals surface area contributed by atoms with Crippen LogP contribution in [0.15, 0.2) is 54.6 Å². The number of phenolic OH excluding ortho intramolecular Hbond substituents is 3. The van der Waals surface area contributed by atoms with Gasteiger partial charge in [0.1, 0.15) is 5.69 Å². The maximum Gasteiger partial charge on any atom is 0.335 e. The molecule has 0 spiro atoms. The number of aromatic nitrogens is 2. The summed E-state index contributed by atoms with van der Waals surface area (Å²) in [6, 6.07) is 13.7. The van der Waals surface area contributed by atoms with E-state index in [9.17, 15) is 24.9 Å². The zero-order chi connectivity index (χ0) is 22.3. The van der Waals surface area contributed by atoms with Gasteiger partial charge in [0.25, 0.3) is 5.91 Å². The van der Waals surface area contributed by atoms with Crippen LogP contribution in [0, 0.1) is 0 Å². The number of nitrogens with zero attached hydrogens (tertiary/aromatic N) is 2. The highest BCUT2D eigenvalue weighted by Gasteiger charge is 2.19. The van der Waals surface area contributed by atoms with Crippen LogP contribution in [0.5, 0.6) is 17.2 Å². The highest BCUT2D eigenvalue weighted by molar-refractivity contribution is 6.07. The van der Waals surface area contributed by atoms with Gasteiger partial charge >= 0.3 is 5.97 Å². The number of phenols is 3. The second kappa shape index (κ2) is 7.38. The van der Waals surface area contributed by atoms with Crippen molar-refractivity contribution in [2.75, 3.05) is 11.9 Å². The van der Waals surface area contributed by atoms with Crippen molar-refractivity contribution in [1.29, 1.82) is 0 Å². The molecule has 0 aliphatic carbocycles. The highest BCUT2D eigenvalue weighted by Crippen LogP contribution is 2.38. The minimum atomic E-state index is -1.01. The van der Waals surface area contributed by atoms with Crippen molar-refractivity contribution in [1.82, 2.24) is 9.97 Å². The molecular weight excluding hydrogens is 402 g/mol. The van der Waals surface area contributed by atoms with Crippen LogP contribution in [0.1, 0.15) is 20.8 Å². The molecule has 2 heterocycles. The van der Waals surface area contributed by atoms with Crippen LogP contribution in [0.2, 0.25) is 0 Å². The Kier molecular flexibility index (Phi) is 4.70. The van der Waals surface area contributed by atoms with E-state index in [2.05, 4.69) is 9.97 Å². The number of aromatic amines is 1. The average molecular weight is 419 g/mol. The lowest BCUT2D eigenvalue weighted by molar-refractivity contribution is 0.0696. The number of amides is 1. The Hall–Kier alpha value is -4.53. The Bertz CT molecular complexity index is 1300. The van der Waals surface area contributed by atoms with Gasteiger partial charge in [-0.25, -0.2) is 9.78 Å². The van der Waals surface area contributed by atoms with Crippen LogP contribution in [-0.2, 0) is 0 Å². The molecule has 0 saturated heterocycles. The summed E-state index contributed by atoms with van der Waals surface area (Å²) in [5.74, 6) is -3.22. The topological polar surface area (TPSA) is 147 Å². The summed E-state index contributed by atoms with van der Waals surface area (Å²) in [6.45, 7) is 0. The number of carbonyl (C=O) groups excluding carboxylic acids is 1. The molecule has 0 fully saturated rings. The zero-order valence-electron chi connectivity index (χ0n) is 16.2. The summed E-state index contributed by atoms with van der Waals surface area (Å²) < 4.78 is 0. The summed E-state index contributed by atoms with van der Waals surface area (Å²) in [4.78, 5) is 32.6. The molecule has 156 valence electrons. The summed E-state index contributed by atoms with van der Waals surface area (Å²) in [7, 11) is 1.46. The van der Waals surface area contributed by atoms with E-state index in [1.165, 1.54) is 24.1 Å². The van der Waals surface area contributed by atoms with Gasteiger partial charge in [-0.05, 0) is 30.3 Å². The number of pyridine rings is 1. The second-order valence-electron chi connectivity index (χ2n) is 6.89. The molecule has 0 saturated carbocycles. The number of hydrogen-bond acceptors (Lipinski definition) is 6. The van der Waals surface area contributed by atoms with Gasteiger partial charge < -0.3 is 30.3 Å². The third-order valence-corrected chi connectivity index (χ3v) is 4.88. The van der Waals surface area contributed by atoms with Crippen molar-refractivity contribution < 1.29 is 30.0 Å². The molecule has 4 aromatic rings. The molecule has 9 heteroatoms. The van der Waals surface area contributed by atoms with Crippen LogP contribution in [0.4, 0.5) is 5.69 Å². The molecule has 0 unspecified atom stereocenters. The molecule has 4 rings (SSSR count). The normalized spacial score (nSPS) is 10.9. The molecule has 0 atom stereocenters. The highest BCUT2D eigenvalue weighted by atomic mass is 16.4. The summed E-state index contributed by atoms with van der Waals surface area (Å²) in [6.07, 6.45) is 0. The van der Waals surface area contributed by atoms with Crippen LogP contribution < -0.4 is 4.90 Å². The number of rotatable bonds is 4. The first kappa shape index (κ1) is 19.8. The van der Waals surface area contributed by atoms with Gasteiger partial charge in [0, 0.05) is 24.7 Å². The molecule has 0 bridgehead atoms. The van der Waals surface area contributed by atoms with Gasteiger partial charge in [0.2, 0.25) is 0 Å². The van der Waals surface area contributed by atoms with Crippen molar-refractivity contribution in [3.05, 3.63) is 65.9 Å². The number of fused-ring (bicyclic) bond motifs is 1. The van der Waals surface area contributed by atoms with E-state index >= 15 is 0 Å². The third-order valence-electron chi connectivity index (χ3n) is 4.88. The molecule has 0 aliphatic rings. The number of H-pyrrole nitrogens is 1. The largest absolute Gasteiger partial charge is 0.504 e. The van der Waals surface area contributed by atoms with Crippen molar-refractivity contribution in [2.45, 2.75) is 0 Å². The summed E-state index contributed by atoms with van der Waals surface area (Å²) in [5, 5.41) is 37.9. The lowest BCUT2D eigenvalue weighted by Crippen LogP contribution is -2.26. The maximum atomic E-state index is 12.9. The number of benzene rings is 2. The van der Waals surface area contributed by atoms with E-state index in [1.54, 1.807) is 30.3 Å². The number of aromatic carboxylic acids is 1. The van der Waals surface area contributed by atoms with Gasteiger partial charge in [-0.15, -0.1) is 0 Å². The third kappa shape index (κ3) is 3.60. The number of anilines is 1. The quantitative estimate of drug-likeness (QED) is 0.319. The van der Waals surface area contributed by atoms with E-state index in [4.69, 9.17) is 5.11 Å². The van der Waals surface area contributed by atoms with E-state index in [-0.39, 0.29) is 16.9 Å². The maximum absolute atomic E-state index is 12.9. The number of carboxylic acids is 1. The molecular formula is C22H17N3O6. The van der Waals surface area contributed by atoms with E-state index in [0.29, 0.717) is 16.7 Å². The first-order chi connectivity index (χ1) is 14.7. The van der Waals surface area contributed by atoms with Crippen LogP contribution in [0.3, 0.4) is 0 Å². The molecule has 5 N–H and O–H groups in total. The van der Waals surface area contributed by atoms with Crippen molar-refractivity contribution >= 4 is 28.6 Å². The molecule has 0 radical (unpaired) electrons. The molecule has 1 amide bonds. The summed E-state index contributed by atoms with van der Waals surface area (Å²) >= 11 is 0. The fourth-order valence-electron chi connectivity index (χ4n) is 3.15. The molecule has 2 aromatic carbocycles. The van der Waals surface area contributed by atoms with E-state index in [0.717, 1.165) is 17.7 Å². The Morgan fingerprint density at radius 3 is 2.19 bits per heavy atom. The van der Waals surface area contributed by atoms with Crippen molar-refractivity contribution in [3.63, 3.8) is 0 Å². The zero-order valence-corrected chi connectivity index (χ0v) is 16.2. The first-order valence-corrected chi connectivity index (χ1v) is 9.11. The fourth-order valence-corrected chi connectivity index (χ4v) is 3.15. The van der Waals surface area contributed by atoms with Crippen LogP contribution >= 0.6 is 0 Å². The van der Waals surface area contributed by atoms with E-state index < -0.39 is 29.1 Å². The lowest BCUT2D eigenvalue weighted by Gasteiger charge is -2.17. The molecule has 0 aliphatic heterocycles. The second-order valence-corrected chi connectivity index (χ2v) is 6.89. The standard InChI is InChI=1S/C22H17N3O6/c1-25(13-8-18(26)20(28)19(27)9-13)21(29)17-10-16-15(24-17)7-6-14(23-16)11-2-4-12(5-3-11)22(30)31/h2-10,24,26-28H,1H3,(H,30,31). The Morgan fingerprint density at radius 1 is 0.935 bits per heavy atom. The monoisotopic (exact) mass is 419 g/mol. The van der Waals surface area contributed by atoms with Gasteiger partial charge in [0.15, 0.2) is 17.2 Å². The van der Waals surface area contributed by atoms with Gasteiger partial charge in [-0.1, -0.05) is 12.1 Å². The van der Waals surface area contributed by atoms with Gasteiger partial charge in [0.05, 0.1) is 28.0 Å². The number of carbonyl (C=O) groups is 2. The number of aromatic hydroxyl groups is 3.